The van der Waals surface area contributed by atoms with Gasteiger partial charge in [0.05, 0.1) is 11.6 Å². The lowest BCUT2D eigenvalue weighted by atomic mass is 9.82. The van der Waals surface area contributed by atoms with Gasteiger partial charge in [0.15, 0.2) is 0 Å². The second-order valence-electron chi connectivity index (χ2n) is 6.13. The molecule has 2 heterocycles. The number of piperidine rings is 1. The highest BCUT2D eigenvalue weighted by Crippen LogP contribution is 2.26. The fourth-order valence-corrected chi connectivity index (χ4v) is 3.24. The Labute approximate surface area is 129 Å². The Kier molecular flexibility index (Phi) is 4.49. The zero-order valence-corrected chi connectivity index (χ0v) is 13.3. The molecule has 1 fully saturated rings. The fourth-order valence-electron chi connectivity index (χ4n) is 2.24. The molecule has 0 radical (unpaired) electrons. The topological polar surface area (TPSA) is 112 Å². The molecular weight excluding hydrogens is 304 g/mol. The van der Waals surface area contributed by atoms with Gasteiger partial charge in [0, 0.05) is 18.9 Å². The Hall–Kier alpha value is -1.98. The van der Waals surface area contributed by atoms with Crippen LogP contribution >= 0.6 is 0 Å². The SMILES string of the molecule is CC1(C)CCC(C(=O)NS(=O)(=O)c2cncc(C#N)c2)NC1. The van der Waals surface area contributed by atoms with E-state index in [0.29, 0.717) is 13.0 Å². The van der Waals surface area contributed by atoms with Gasteiger partial charge in [0.2, 0.25) is 0 Å². The van der Waals surface area contributed by atoms with Gasteiger partial charge in [-0.05, 0) is 24.3 Å². The molecule has 1 unspecified atom stereocenters. The van der Waals surface area contributed by atoms with Gasteiger partial charge in [0.25, 0.3) is 15.9 Å². The van der Waals surface area contributed by atoms with Gasteiger partial charge >= 0.3 is 0 Å². The molecule has 0 aliphatic carbocycles. The van der Waals surface area contributed by atoms with Crippen molar-refractivity contribution in [3.63, 3.8) is 0 Å². The van der Waals surface area contributed by atoms with Gasteiger partial charge in [-0.3, -0.25) is 9.78 Å². The minimum Gasteiger partial charge on any atom is -0.305 e. The second kappa shape index (κ2) is 6.02. The normalized spacial score (nSPS) is 20.9. The molecule has 0 spiro atoms. The first-order chi connectivity index (χ1) is 10.2. The number of rotatable bonds is 3. The largest absolute Gasteiger partial charge is 0.305 e. The van der Waals surface area contributed by atoms with E-state index in [2.05, 4.69) is 24.1 Å². The van der Waals surface area contributed by atoms with Crippen LogP contribution in [-0.4, -0.2) is 31.9 Å². The molecule has 1 aliphatic heterocycles. The van der Waals surface area contributed by atoms with Crippen LogP contribution in [0.1, 0.15) is 32.3 Å². The monoisotopic (exact) mass is 322 g/mol. The number of nitrogens with one attached hydrogen (secondary N) is 2. The highest BCUT2D eigenvalue weighted by atomic mass is 32.2. The Morgan fingerprint density at radius 3 is 2.82 bits per heavy atom. The lowest BCUT2D eigenvalue weighted by molar-refractivity contribution is -0.122. The van der Waals surface area contributed by atoms with E-state index in [4.69, 9.17) is 5.26 Å². The molecular formula is C14H18N4O3S. The molecule has 1 aromatic heterocycles. The molecule has 0 bridgehead atoms. The minimum absolute atomic E-state index is 0.0979. The van der Waals surface area contributed by atoms with Crippen molar-refractivity contribution >= 4 is 15.9 Å². The van der Waals surface area contributed by atoms with Crippen LogP contribution in [0.4, 0.5) is 0 Å². The zero-order chi connectivity index (χ0) is 16.4. The Morgan fingerprint density at radius 2 is 2.23 bits per heavy atom. The number of nitrogens with zero attached hydrogens (tertiary/aromatic N) is 2. The molecule has 1 aromatic rings. The van der Waals surface area contributed by atoms with Crippen LogP contribution in [0.2, 0.25) is 0 Å². The van der Waals surface area contributed by atoms with Crippen LogP contribution in [0.15, 0.2) is 23.4 Å². The van der Waals surface area contributed by atoms with E-state index in [0.717, 1.165) is 12.6 Å². The van der Waals surface area contributed by atoms with E-state index in [1.165, 1.54) is 12.3 Å². The van der Waals surface area contributed by atoms with E-state index in [9.17, 15) is 13.2 Å². The van der Waals surface area contributed by atoms with Gasteiger partial charge in [-0.25, -0.2) is 13.1 Å². The average molecular weight is 322 g/mol. The molecule has 118 valence electrons. The van der Waals surface area contributed by atoms with Crippen molar-refractivity contribution in [2.24, 2.45) is 5.41 Å². The third kappa shape index (κ3) is 3.81. The maximum absolute atomic E-state index is 12.2. The summed E-state index contributed by atoms with van der Waals surface area (Å²) in [7, 11) is -4.02. The van der Waals surface area contributed by atoms with Crippen molar-refractivity contribution in [1.82, 2.24) is 15.0 Å². The quantitative estimate of drug-likeness (QED) is 0.840. The van der Waals surface area contributed by atoms with Crippen LogP contribution in [0.3, 0.4) is 0 Å². The van der Waals surface area contributed by atoms with E-state index in [1.807, 2.05) is 10.8 Å². The summed E-state index contributed by atoms with van der Waals surface area (Å²) in [6, 6.07) is 2.46. The van der Waals surface area contributed by atoms with Crippen molar-refractivity contribution in [2.45, 2.75) is 37.6 Å². The highest BCUT2D eigenvalue weighted by Gasteiger charge is 2.32. The lowest BCUT2D eigenvalue weighted by Gasteiger charge is -2.34. The molecule has 2 N–H and O–H groups in total. The van der Waals surface area contributed by atoms with Gasteiger partial charge in [-0.1, -0.05) is 13.8 Å². The smallest absolute Gasteiger partial charge is 0.265 e. The van der Waals surface area contributed by atoms with Crippen molar-refractivity contribution in [3.8, 4) is 6.07 Å². The number of hydrogen-bond donors (Lipinski definition) is 2. The number of nitriles is 1. The first-order valence-corrected chi connectivity index (χ1v) is 8.37. The molecule has 22 heavy (non-hydrogen) atoms. The summed E-state index contributed by atoms with van der Waals surface area (Å²) in [6.07, 6.45) is 3.77. The molecule has 2 rings (SSSR count). The van der Waals surface area contributed by atoms with Crippen molar-refractivity contribution < 1.29 is 13.2 Å². The maximum Gasteiger partial charge on any atom is 0.265 e. The van der Waals surface area contributed by atoms with Crippen LogP contribution in [0.5, 0.6) is 0 Å². The summed E-state index contributed by atoms with van der Waals surface area (Å²) in [6.45, 7) is 4.82. The number of sulfonamides is 1. The molecule has 1 aliphatic rings. The first-order valence-electron chi connectivity index (χ1n) is 6.89. The predicted octanol–water partition coefficient (Wildman–Crippen LogP) is 0.536. The molecule has 0 aromatic carbocycles. The molecule has 1 atom stereocenters. The number of carbonyl (C=O) groups excluding carboxylic acids is 1. The van der Waals surface area contributed by atoms with E-state index in [1.54, 1.807) is 0 Å². The Balaban J connectivity index is 2.09. The van der Waals surface area contributed by atoms with Crippen LogP contribution in [-0.2, 0) is 14.8 Å². The van der Waals surface area contributed by atoms with Gasteiger partial charge in [0.1, 0.15) is 11.0 Å². The number of aromatic nitrogens is 1. The third-order valence-corrected chi connectivity index (χ3v) is 4.95. The number of pyridine rings is 1. The number of amides is 1. The summed E-state index contributed by atoms with van der Waals surface area (Å²) in [5.74, 6) is -0.585. The lowest BCUT2D eigenvalue weighted by Crippen LogP contribution is -2.52. The first kappa shape index (κ1) is 16.4. The summed E-state index contributed by atoms with van der Waals surface area (Å²) >= 11 is 0. The third-order valence-electron chi connectivity index (χ3n) is 3.64. The number of carbonyl (C=O) groups is 1. The molecule has 1 saturated heterocycles. The summed E-state index contributed by atoms with van der Waals surface area (Å²) in [5, 5.41) is 11.8. The maximum atomic E-state index is 12.2. The molecule has 0 saturated carbocycles. The zero-order valence-electron chi connectivity index (χ0n) is 12.5. The van der Waals surface area contributed by atoms with Gasteiger partial charge in [-0.15, -0.1) is 0 Å². The van der Waals surface area contributed by atoms with Crippen molar-refractivity contribution in [2.75, 3.05) is 6.54 Å². The second-order valence-corrected chi connectivity index (χ2v) is 7.81. The van der Waals surface area contributed by atoms with Crippen LogP contribution in [0, 0.1) is 16.7 Å². The summed E-state index contributed by atoms with van der Waals surface area (Å²) < 4.78 is 26.4. The Morgan fingerprint density at radius 1 is 1.50 bits per heavy atom. The van der Waals surface area contributed by atoms with Crippen molar-refractivity contribution in [3.05, 3.63) is 24.0 Å². The molecule has 8 heteroatoms. The number of hydrogen-bond acceptors (Lipinski definition) is 6. The van der Waals surface area contributed by atoms with Crippen LogP contribution < -0.4 is 10.0 Å². The summed E-state index contributed by atoms with van der Waals surface area (Å²) in [5.41, 5.74) is 0.216. The molecule has 1 amide bonds. The predicted molar refractivity (Wildman–Crippen MR) is 79.1 cm³/mol. The highest BCUT2D eigenvalue weighted by molar-refractivity contribution is 7.90. The molecule has 7 nitrogen and oxygen atoms in total. The van der Waals surface area contributed by atoms with Crippen LogP contribution in [0.25, 0.3) is 0 Å². The van der Waals surface area contributed by atoms with Gasteiger partial charge < -0.3 is 5.32 Å². The average Bonchev–Trinajstić information content (AvgIpc) is 2.46. The minimum atomic E-state index is -4.02. The van der Waals surface area contributed by atoms with E-state index < -0.39 is 22.0 Å². The van der Waals surface area contributed by atoms with Gasteiger partial charge in [-0.2, -0.15) is 5.26 Å². The Bertz CT molecular complexity index is 712. The van der Waals surface area contributed by atoms with E-state index >= 15 is 0 Å². The standard InChI is InChI=1S/C14H18N4O3S/c1-14(2)4-3-12(17-9-14)13(19)18-22(20,21)11-5-10(6-15)7-16-8-11/h5,7-8,12,17H,3-4,9H2,1-2H3,(H,18,19). The summed E-state index contributed by atoms with van der Waals surface area (Å²) in [4.78, 5) is 15.6. The fraction of sp³-hybridized carbons (Fsp3) is 0.500. The van der Waals surface area contributed by atoms with Crippen molar-refractivity contribution in [1.29, 1.82) is 5.26 Å². The van der Waals surface area contributed by atoms with E-state index in [-0.39, 0.29) is 15.9 Å².